The first kappa shape index (κ1) is 9.53. The zero-order chi connectivity index (χ0) is 13.2. The first-order valence-electron chi connectivity index (χ1n) is 5.85. The Bertz CT molecular complexity index is 683. The molecule has 0 unspecified atom stereocenters. The van der Waals surface area contributed by atoms with E-state index in [0.717, 1.165) is 0 Å². The summed E-state index contributed by atoms with van der Waals surface area (Å²) in [6.07, 6.45) is 3.33. The molecule has 4 heteroatoms. The number of benzene rings is 1. The third-order valence-corrected chi connectivity index (χ3v) is 2.62. The van der Waals surface area contributed by atoms with Crippen LogP contribution in [0, 0.1) is 11.2 Å². The molecule has 3 nitrogen and oxygen atoms in total. The highest BCUT2D eigenvalue weighted by molar-refractivity contribution is 6.16. The number of pyridine rings is 1. The fourth-order valence-electron chi connectivity index (χ4n) is 1.77. The summed E-state index contributed by atoms with van der Waals surface area (Å²) < 4.78 is 26.0. The van der Waals surface area contributed by atoms with E-state index in [1.807, 2.05) is 12.1 Å². The van der Waals surface area contributed by atoms with Gasteiger partial charge >= 0.3 is 0 Å². The van der Waals surface area contributed by atoms with Crippen LogP contribution in [0.2, 0.25) is 1.41 Å². The van der Waals surface area contributed by atoms with Crippen molar-refractivity contribution < 1.29 is 10.5 Å². The van der Waals surface area contributed by atoms with E-state index in [2.05, 4.69) is 10.4 Å². The predicted octanol–water partition coefficient (Wildman–Crippen LogP) is 3.02. The van der Waals surface area contributed by atoms with Crippen LogP contribution in [0.3, 0.4) is 0 Å². The second-order valence-electron chi connectivity index (χ2n) is 3.85. The summed E-state index contributed by atoms with van der Waals surface area (Å²) in [6, 6.07) is 9.60. The molecular formula is C14H9FN2O. The second-order valence-corrected chi connectivity index (χ2v) is 3.85. The normalized spacial score (nSPS) is 18.6. The number of nitrogens with one attached hydrogen (secondary N) is 1. The standard InChI is InChI=1S/C14H9FN2O/c15-9-4-5-12-11(7-9)14(16)13(18-12)8-10-3-1-2-6-17-10/h1-8,16H/b13-8?,16-14-. The van der Waals surface area contributed by atoms with Crippen LogP contribution in [0.5, 0.6) is 5.75 Å². The summed E-state index contributed by atoms with van der Waals surface area (Å²) in [5, 5.41) is 3.43. The number of allylic oxidation sites excluding steroid dienone is 1. The molecule has 0 atom stereocenters. The number of halogens is 1. The summed E-state index contributed by atoms with van der Waals surface area (Å²) in [5.74, 6) is 0.506. The predicted molar refractivity (Wildman–Crippen MR) is 66.1 cm³/mol. The van der Waals surface area contributed by atoms with E-state index in [0.29, 0.717) is 28.5 Å². The van der Waals surface area contributed by atoms with E-state index >= 15 is 0 Å². The lowest BCUT2D eigenvalue weighted by Crippen LogP contribution is -1.98. The molecule has 0 fully saturated rings. The van der Waals surface area contributed by atoms with Gasteiger partial charge in [-0.1, -0.05) is 6.07 Å². The van der Waals surface area contributed by atoms with E-state index < -0.39 is 0 Å². The molecule has 0 amide bonds. The largest absolute Gasteiger partial charge is 0.454 e. The number of nitrogens with zero attached hydrogens (tertiary/aromatic N) is 1. The summed E-state index contributed by atoms with van der Waals surface area (Å²) in [6.45, 7) is 0. The Balaban J connectivity index is 2.06. The molecule has 88 valence electrons. The molecule has 2 aromatic rings. The van der Waals surface area contributed by atoms with Gasteiger partial charge in [-0.15, -0.1) is 0 Å². The molecule has 0 spiro atoms. The highest BCUT2D eigenvalue weighted by atomic mass is 19.1. The lowest BCUT2D eigenvalue weighted by Gasteiger charge is -1.98. The second kappa shape index (κ2) is 4.07. The molecule has 0 saturated carbocycles. The van der Waals surface area contributed by atoms with Crippen LogP contribution < -0.4 is 4.74 Å². The third kappa shape index (κ3) is 1.78. The van der Waals surface area contributed by atoms with Crippen molar-refractivity contribution in [2.24, 2.45) is 0 Å². The third-order valence-electron chi connectivity index (χ3n) is 2.62. The van der Waals surface area contributed by atoms with Crippen LogP contribution in [0.15, 0.2) is 48.4 Å². The van der Waals surface area contributed by atoms with Crippen molar-refractivity contribution in [1.82, 2.24) is 4.98 Å². The number of rotatable bonds is 1. The molecule has 1 aliphatic rings. The van der Waals surface area contributed by atoms with Gasteiger partial charge in [0, 0.05) is 17.8 Å². The Kier molecular flexibility index (Phi) is 2.15. The quantitative estimate of drug-likeness (QED) is 0.832. The maximum atomic E-state index is 13.2. The van der Waals surface area contributed by atoms with Crippen LogP contribution in [0.1, 0.15) is 11.3 Å². The van der Waals surface area contributed by atoms with Crippen molar-refractivity contribution in [1.29, 1.82) is 5.40 Å². The van der Waals surface area contributed by atoms with E-state index in [9.17, 15) is 4.39 Å². The van der Waals surface area contributed by atoms with E-state index in [1.165, 1.54) is 18.2 Å². The van der Waals surface area contributed by atoms with Crippen LogP contribution in [0.4, 0.5) is 4.39 Å². The molecule has 1 N–H and O–H groups in total. The number of ether oxygens (including phenoxy) is 1. The zero-order valence-corrected chi connectivity index (χ0v) is 9.30. The zero-order valence-electron chi connectivity index (χ0n) is 10.3. The number of hydrogen-bond acceptors (Lipinski definition) is 3. The first-order valence-corrected chi connectivity index (χ1v) is 5.41. The molecule has 18 heavy (non-hydrogen) atoms. The van der Waals surface area contributed by atoms with Gasteiger partial charge in [-0.3, -0.25) is 10.4 Å². The Labute approximate surface area is 105 Å². The highest BCUT2D eigenvalue weighted by Crippen LogP contribution is 2.31. The lowest BCUT2D eigenvalue weighted by atomic mass is 10.1. The van der Waals surface area contributed by atoms with Gasteiger partial charge in [0.15, 0.2) is 7.17 Å². The number of hydrogen-bond donors (Lipinski definition) is 1. The van der Waals surface area contributed by atoms with E-state index in [1.54, 1.807) is 18.3 Å². The highest BCUT2D eigenvalue weighted by Gasteiger charge is 2.24. The van der Waals surface area contributed by atoms with Gasteiger partial charge in [0.05, 0.1) is 5.69 Å². The minimum absolute atomic E-state index is 0.306. The molecular weight excluding hydrogens is 231 g/mol. The Hall–Kier alpha value is -2.49. The SMILES string of the molecule is [H]/N=C1\C(=Cc2ccccn2)Oc2ccc(F)cc21. The summed E-state index contributed by atoms with van der Waals surface area (Å²) in [7, 11) is 0. The van der Waals surface area contributed by atoms with Crippen molar-refractivity contribution in [3.63, 3.8) is 0 Å². The topological polar surface area (TPSA) is 46.0 Å². The van der Waals surface area contributed by atoms with Crippen LogP contribution >= 0.6 is 0 Å². The van der Waals surface area contributed by atoms with Gasteiger partial charge in [0.2, 0.25) is 0 Å². The van der Waals surface area contributed by atoms with Gasteiger partial charge in [0.25, 0.3) is 0 Å². The lowest BCUT2D eigenvalue weighted by molar-refractivity contribution is 0.471. The average molecular weight is 240 g/mol. The van der Waals surface area contributed by atoms with Gasteiger partial charge in [-0.2, -0.15) is 0 Å². The summed E-state index contributed by atoms with van der Waals surface area (Å²) in [5.41, 5.74) is 1.48. The van der Waals surface area contributed by atoms with Crippen molar-refractivity contribution >= 4 is 11.8 Å². The van der Waals surface area contributed by atoms with Gasteiger partial charge in [-0.05, 0) is 30.3 Å². The molecule has 1 aromatic heterocycles. The van der Waals surface area contributed by atoms with Gasteiger partial charge < -0.3 is 4.74 Å². The van der Waals surface area contributed by atoms with Crippen molar-refractivity contribution in [2.75, 3.05) is 0 Å². The fourth-order valence-corrected chi connectivity index (χ4v) is 1.77. The first-order chi connectivity index (χ1) is 9.28. The van der Waals surface area contributed by atoms with Crippen molar-refractivity contribution in [3.05, 3.63) is 65.4 Å². The Morgan fingerprint density at radius 1 is 1.33 bits per heavy atom. The number of fused-ring (bicyclic) bond motifs is 1. The molecule has 1 aliphatic heterocycles. The molecule has 2 heterocycles. The molecule has 1 aromatic carbocycles. The maximum Gasteiger partial charge on any atom is 0.188 e. The Morgan fingerprint density at radius 3 is 3.06 bits per heavy atom. The molecule has 3 rings (SSSR count). The monoisotopic (exact) mass is 240 g/mol. The Morgan fingerprint density at radius 2 is 2.28 bits per heavy atom. The molecule has 0 radical (unpaired) electrons. The smallest absolute Gasteiger partial charge is 0.188 e. The van der Waals surface area contributed by atoms with Gasteiger partial charge in [-0.25, -0.2) is 4.39 Å². The van der Waals surface area contributed by atoms with Crippen molar-refractivity contribution in [2.45, 2.75) is 0 Å². The average Bonchev–Trinajstić information content (AvgIpc) is 2.76. The molecule has 0 aliphatic carbocycles. The fraction of sp³-hybridized carbons (Fsp3) is 0. The summed E-state index contributed by atoms with van der Waals surface area (Å²) in [4.78, 5) is 4.14. The van der Waals surface area contributed by atoms with E-state index in [-0.39, 0.29) is 5.82 Å². The van der Waals surface area contributed by atoms with Gasteiger partial charge in [0.1, 0.15) is 17.3 Å². The van der Waals surface area contributed by atoms with E-state index in [4.69, 9.17) is 6.15 Å². The maximum absolute atomic E-state index is 13.2. The van der Waals surface area contributed by atoms with Crippen molar-refractivity contribution in [3.8, 4) is 5.75 Å². The van der Waals surface area contributed by atoms with Crippen LogP contribution in [-0.2, 0) is 0 Å². The molecule has 0 bridgehead atoms. The minimum Gasteiger partial charge on any atom is -0.454 e. The molecule has 0 saturated heterocycles. The van der Waals surface area contributed by atoms with Crippen LogP contribution in [-0.4, -0.2) is 10.7 Å². The summed E-state index contributed by atoms with van der Waals surface area (Å²) >= 11 is 0. The minimum atomic E-state index is -0.386. The van der Waals surface area contributed by atoms with Crippen LogP contribution in [0.25, 0.3) is 6.08 Å². The number of aromatic nitrogens is 1.